The van der Waals surface area contributed by atoms with E-state index in [2.05, 4.69) is 10.2 Å². The topological polar surface area (TPSA) is 67.6 Å². The molecule has 0 aromatic heterocycles. The normalized spacial score (nSPS) is 19.5. The van der Waals surface area contributed by atoms with Crippen molar-refractivity contribution in [1.29, 1.82) is 0 Å². The third-order valence-electron chi connectivity index (χ3n) is 4.07. The summed E-state index contributed by atoms with van der Waals surface area (Å²) >= 11 is 0. The number of nitrogens with one attached hydrogen (secondary N) is 1. The standard InChI is InChI=1S/C17H27N3O2.ClH/c1-3-22-15-9-7-14(8-10-15)19-17(21)12-20-11-5-4-6-16(20)13(2)18;/h7-10,13,16H,3-6,11-12,18H2,1-2H3,(H,19,21);1H. The molecule has 1 fully saturated rings. The number of nitrogens with two attached hydrogens (primary N) is 1. The molecule has 1 aliphatic heterocycles. The summed E-state index contributed by atoms with van der Waals surface area (Å²) in [6, 6.07) is 7.86. The maximum atomic E-state index is 12.2. The molecule has 2 atom stereocenters. The van der Waals surface area contributed by atoms with Crippen molar-refractivity contribution in [2.75, 3.05) is 25.0 Å². The van der Waals surface area contributed by atoms with Crippen LogP contribution in [0.15, 0.2) is 24.3 Å². The van der Waals surface area contributed by atoms with Gasteiger partial charge in [0.05, 0.1) is 13.2 Å². The van der Waals surface area contributed by atoms with E-state index in [-0.39, 0.29) is 24.4 Å². The summed E-state index contributed by atoms with van der Waals surface area (Å²) in [5, 5.41) is 2.94. The van der Waals surface area contributed by atoms with E-state index in [1.54, 1.807) is 0 Å². The molecule has 1 aromatic carbocycles. The Hall–Kier alpha value is -1.30. The van der Waals surface area contributed by atoms with E-state index < -0.39 is 0 Å². The van der Waals surface area contributed by atoms with Gasteiger partial charge in [-0.2, -0.15) is 0 Å². The minimum absolute atomic E-state index is 0. The van der Waals surface area contributed by atoms with Crippen LogP contribution in [0.4, 0.5) is 5.69 Å². The fourth-order valence-corrected chi connectivity index (χ4v) is 2.99. The zero-order valence-electron chi connectivity index (χ0n) is 14.0. The second-order valence-electron chi connectivity index (χ2n) is 5.90. The predicted molar refractivity (Wildman–Crippen MR) is 96.4 cm³/mol. The maximum Gasteiger partial charge on any atom is 0.238 e. The van der Waals surface area contributed by atoms with Crippen LogP contribution in [-0.2, 0) is 4.79 Å². The lowest BCUT2D eigenvalue weighted by Crippen LogP contribution is -2.51. The van der Waals surface area contributed by atoms with E-state index in [0.29, 0.717) is 19.2 Å². The smallest absolute Gasteiger partial charge is 0.238 e. The van der Waals surface area contributed by atoms with Gasteiger partial charge in [-0.3, -0.25) is 9.69 Å². The number of benzene rings is 1. The first-order chi connectivity index (χ1) is 10.6. The van der Waals surface area contributed by atoms with Crippen LogP contribution in [0.5, 0.6) is 5.75 Å². The summed E-state index contributed by atoms with van der Waals surface area (Å²) in [5.41, 5.74) is 6.84. The number of hydrogen-bond acceptors (Lipinski definition) is 4. The number of carbonyl (C=O) groups excluding carboxylic acids is 1. The van der Waals surface area contributed by atoms with Crippen LogP contribution in [0.25, 0.3) is 0 Å². The Labute approximate surface area is 145 Å². The molecule has 1 heterocycles. The molecule has 1 saturated heterocycles. The number of ether oxygens (including phenoxy) is 1. The number of rotatable bonds is 6. The Balaban J connectivity index is 0.00000264. The SMILES string of the molecule is CCOc1ccc(NC(=O)CN2CCCCC2C(C)N)cc1.Cl. The molecule has 2 rings (SSSR count). The molecule has 130 valence electrons. The van der Waals surface area contributed by atoms with Crippen molar-refractivity contribution in [1.82, 2.24) is 4.90 Å². The van der Waals surface area contributed by atoms with E-state index in [1.807, 2.05) is 38.1 Å². The fraction of sp³-hybridized carbons (Fsp3) is 0.588. The average Bonchev–Trinajstić information content (AvgIpc) is 2.50. The Morgan fingerprint density at radius 3 is 2.70 bits per heavy atom. The Bertz CT molecular complexity index is 479. The third kappa shape index (κ3) is 6.01. The van der Waals surface area contributed by atoms with Crippen molar-refractivity contribution >= 4 is 24.0 Å². The van der Waals surface area contributed by atoms with Gasteiger partial charge in [-0.25, -0.2) is 0 Å². The zero-order valence-corrected chi connectivity index (χ0v) is 14.8. The summed E-state index contributed by atoms with van der Waals surface area (Å²) in [6.07, 6.45) is 3.41. The van der Waals surface area contributed by atoms with Gasteiger partial charge in [0.25, 0.3) is 0 Å². The number of anilines is 1. The van der Waals surface area contributed by atoms with Gasteiger partial charge in [0.15, 0.2) is 0 Å². The number of piperidine rings is 1. The van der Waals surface area contributed by atoms with Gasteiger partial charge in [-0.05, 0) is 57.5 Å². The molecule has 3 N–H and O–H groups in total. The van der Waals surface area contributed by atoms with Crippen molar-refractivity contribution < 1.29 is 9.53 Å². The van der Waals surface area contributed by atoms with Gasteiger partial charge in [0.2, 0.25) is 5.91 Å². The molecule has 1 amide bonds. The molecule has 0 saturated carbocycles. The highest BCUT2D eigenvalue weighted by molar-refractivity contribution is 5.92. The van der Waals surface area contributed by atoms with Gasteiger partial charge in [0, 0.05) is 17.8 Å². The van der Waals surface area contributed by atoms with Crippen LogP contribution in [0, 0.1) is 0 Å². The van der Waals surface area contributed by atoms with Crippen molar-refractivity contribution in [2.45, 2.75) is 45.2 Å². The highest BCUT2D eigenvalue weighted by Crippen LogP contribution is 2.19. The van der Waals surface area contributed by atoms with Crippen LogP contribution in [-0.4, -0.2) is 42.6 Å². The molecular weight excluding hydrogens is 314 g/mol. The minimum Gasteiger partial charge on any atom is -0.494 e. The molecule has 6 heteroatoms. The summed E-state index contributed by atoms with van der Waals surface area (Å²) in [7, 11) is 0. The number of carbonyl (C=O) groups is 1. The lowest BCUT2D eigenvalue weighted by Gasteiger charge is -2.37. The molecule has 0 spiro atoms. The molecule has 2 unspecified atom stereocenters. The number of likely N-dealkylation sites (tertiary alicyclic amines) is 1. The quantitative estimate of drug-likeness (QED) is 0.834. The fourth-order valence-electron chi connectivity index (χ4n) is 2.99. The first-order valence-electron chi connectivity index (χ1n) is 8.12. The molecule has 0 radical (unpaired) electrons. The number of hydrogen-bond donors (Lipinski definition) is 2. The van der Waals surface area contributed by atoms with Gasteiger partial charge in [-0.15, -0.1) is 12.4 Å². The number of nitrogens with zero attached hydrogens (tertiary/aromatic N) is 1. The summed E-state index contributed by atoms with van der Waals surface area (Å²) < 4.78 is 5.39. The lowest BCUT2D eigenvalue weighted by molar-refractivity contribution is -0.118. The molecule has 0 aliphatic carbocycles. The van der Waals surface area contributed by atoms with Crippen LogP contribution < -0.4 is 15.8 Å². The van der Waals surface area contributed by atoms with Crippen molar-refractivity contribution in [3.05, 3.63) is 24.3 Å². The monoisotopic (exact) mass is 341 g/mol. The van der Waals surface area contributed by atoms with E-state index in [1.165, 1.54) is 6.42 Å². The van der Waals surface area contributed by atoms with Gasteiger partial charge in [0.1, 0.15) is 5.75 Å². The molecule has 5 nitrogen and oxygen atoms in total. The van der Waals surface area contributed by atoms with E-state index >= 15 is 0 Å². The number of halogens is 1. The van der Waals surface area contributed by atoms with E-state index in [0.717, 1.165) is 30.8 Å². The predicted octanol–water partition coefficient (Wildman–Crippen LogP) is 2.65. The summed E-state index contributed by atoms with van der Waals surface area (Å²) in [6.45, 7) is 5.96. The molecule has 1 aromatic rings. The Morgan fingerprint density at radius 1 is 1.39 bits per heavy atom. The van der Waals surface area contributed by atoms with E-state index in [9.17, 15) is 4.79 Å². The van der Waals surface area contributed by atoms with Crippen molar-refractivity contribution in [3.63, 3.8) is 0 Å². The van der Waals surface area contributed by atoms with E-state index in [4.69, 9.17) is 10.5 Å². The molecule has 23 heavy (non-hydrogen) atoms. The van der Waals surface area contributed by atoms with Crippen LogP contribution in [0.1, 0.15) is 33.1 Å². The second kappa shape index (κ2) is 9.75. The number of amides is 1. The van der Waals surface area contributed by atoms with Crippen molar-refractivity contribution in [3.8, 4) is 5.75 Å². The molecule has 1 aliphatic rings. The van der Waals surface area contributed by atoms with Crippen LogP contribution >= 0.6 is 12.4 Å². The zero-order chi connectivity index (χ0) is 15.9. The first kappa shape index (κ1) is 19.7. The molecular formula is C17H28ClN3O2. The summed E-state index contributed by atoms with van der Waals surface area (Å²) in [4.78, 5) is 14.4. The average molecular weight is 342 g/mol. The summed E-state index contributed by atoms with van der Waals surface area (Å²) in [5.74, 6) is 0.824. The highest BCUT2D eigenvalue weighted by atomic mass is 35.5. The van der Waals surface area contributed by atoms with Gasteiger partial charge in [-0.1, -0.05) is 6.42 Å². The highest BCUT2D eigenvalue weighted by Gasteiger charge is 2.26. The minimum atomic E-state index is 0. The van der Waals surface area contributed by atoms with Gasteiger partial charge < -0.3 is 15.8 Å². The van der Waals surface area contributed by atoms with Gasteiger partial charge >= 0.3 is 0 Å². The second-order valence-corrected chi connectivity index (χ2v) is 5.90. The van der Waals surface area contributed by atoms with Crippen LogP contribution in [0.2, 0.25) is 0 Å². The van der Waals surface area contributed by atoms with Crippen LogP contribution in [0.3, 0.4) is 0 Å². The van der Waals surface area contributed by atoms with Crippen molar-refractivity contribution in [2.24, 2.45) is 5.73 Å². The Morgan fingerprint density at radius 2 is 2.09 bits per heavy atom. The maximum absolute atomic E-state index is 12.2. The third-order valence-corrected chi connectivity index (χ3v) is 4.07. The molecule has 0 bridgehead atoms. The lowest BCUT2D eigenvalue weighted by atomic mass is 9.97. The largest absolute Gasteiger partial charge is 0.494 e. The Kier molecular flexibility index (Phi) is 8.37. The first-order valence-corrected chi connectivity index (χ1v) is 8.12.